The maximum Gasteiger partial charge on any atom is 0.258 e. The van der Waals surface area contributed by atoms with Gasteiger partial charge in [-0.1, -0.05) is 19.9 Å². The van der Waals surface area contributed by atoms with E-state index in [9.17, 15) is 4.79 Å². The molecule has 0 aliphatic heterocycles. The smallest absolute Gasteiger partial charge is 0.258 e. The summed E-state index contributed by atoms with van der Waals surface area (Å²) in [6.07, 6.45) is 1.72. The molecule has 0 aliphatic carbocycles. The molecule has 0 atom stereocenters. The first-order valence-corrected chi connectivity index (χ1v) is 6.92. The van der Waals surface area contributed by atoms with Crippen LogP contribution >= 0.6 is 0 Å². The lowest BCUT2D eigenvalue weighted by atomic mass is 10.2. The second-order valence-electron chi connectivity index (χ2n) is 5.16. The zero-order chi connectivity index (χ0) is 14.4. The minimum absolute atomic E-state index is 0.0524. The highest BCUT2D eigenvalue weighted by atomic mass is 16.5. The highest BCUT2D eigenvalue weighted by molar-refractivity contribution is 5.37. The topological polar surface area (TPSA) is 55.6 Å². The number of hydrogen-bond donors (Lipinski definition) is 1. The van der Waals surface area contributed by atoms with Gasteiger partial charge in [0.25, 0.3) is 5.56 Å². The summed E-state index contributed by atoms with van der Waals surface area (Å²) in [6.45, 7) is 7.02. The molecule has 5 nitrogen and oxygen atoms in total. The lowest BCUT2D eigenvalue weighted by molar-refractivity contribution is 0.111. The molecule has 0 radical (unpaired) electrons. The molecular formula is C15H21N3O2. The number of aromatic nitrogens is 2. The van der Waals surface area contributed by atoms with Gasteiger partial charge in [0.15, 0.2) is 0 Å². The molecule has 5 heteroatoms. The van der Waals surface area contributed by atoms with Gasteiger partial charge < -0.3 is 10.1 Å². The van der Waals surface area contributed by atoms with Crippen LogP contribution in [-0.2, 0) is 11.3 Å². The highest BCUT2D eigenvalue weighted by Gasteiger charge is 2.01. The van der Waals surface area contributed by atoms with E-state index in [4.69, 9.17) is 4.74 Å². The van der Waals surface area contributed by atoms with Gasteiger partial charge in [0.1, 0.15) is 5.65 Å². The van der Waals surface area contributed by atoms with Gasteiger partial charge in [-0.2, -0.15) is 0 Å². The minimum Gasteiger partial charge on any atom is -0.380 e. The molecule has 0 aromatic carbocycles. The van der Waals surface area contributed by atoms with Crippen molar-refractivity contribution in [3.05, 3.63) is 46.5 Å². The number of pyridine rings is 1. The molecule has 2 heterocycles. The van der Waals surface area contributed by atoms with Crippen LogP contribution in [0.1, 0.15) is 19.5 Å². The summed E-state index contributed by atoms with van der Waals surface area (Å²) >= 11 is 0. The maximum atomic E-state index is 11.9. The zero-order valence-electron chi connectivity index (χ0n) is 12.0. The van der Waals surface area contributed by atoms with Gasteiger partial charge in [0.2, 0.25) is 0 Å². The molecule has 2 rings (SSSR count). The van der Waals surface area contributed by atoms with Crippen molar-refractivity contribution in [2.75, 3.05) is 19.8 Å². The van der Waals surface area contributed by atoms with Gasteiger partial charge >= 0.3 is 0 Å². The summed E-state index contributed by atoms with van der Waals surface area (Å²) in [5, 5.41) is 3.23. The fourth-order valence-electron chi connectivity index (χ4n) is 1.87. The molecule has 0 bridgehead atoms. The second kappa shape index (κ2) is 7.17. The van der Waals surface area contributed by atoms with E-state index in [-0.39, 0.29) is 5.56 Å². The van der Waals surface area contributed by atoms with Crippen molar-refractivity contribution in [3.63, 3.8) is 0 Å². The Morgan fingerprint density at radius 1 is 1.40 bits per heavy atom. The first kappa shape index (κ1) is 14.7. The van der Waals surface area contributed by atoms with Crippen molar-refractivity contribution < 1.29 is 4.74 Å². The van der Waals surface area contributed by atoms with Crippen LogP contribution in [-0.4, -0.2) is 29.1 Å². The molecule has 0 unspecified atom stereocenters. The van der Waals surface area contributed by atoms with Crippen LogP contribution < -0.4 is 10.9 Å². The Morgan fingerprint density at radius 3 is 3.05 bits per heavy atom. The summed E-state index contributed by atoms with van der Waals surface area (Å²) in [4.78, 5) is 16.3. The van der Waals surface area contributed by atoms with Crippen LogP contribution in [0.3, 0.4) is 0 Å². The zero-order valence-corrected chi connectivity index (χ0v) is 12.0. The van der Waals surface area contributed by atoms with Gasteiger partial charge in [-0.15, -0.1) is 0 Å². The summed E-state index contributed by atoms with van der Waals surface area (Å²) < 4.78 is 7.02. The third kappa shape index (κ3) is 4.15. The van der Waals surface area contributed by atoms with Crippen molar-refractivity contribution in [2.24, 2.45) is 5.92 Å². The Morgan fingerprint density at radius 2 is 2.25 bits per heavy atom. The summed E-state index contributed by atoms with van der Waals surface area (Å²) in [7, 11) is 0. The summed E-state index contributed by atoms with van der Waals surface area (Å²) in [5.41, 5.74) is 1.38. The molecule has 2 aromatic heterocycles. The fraction of sp³-hybridized carbons (Fsp3) is 0.467. The van der Waals surface area contributed by atoms with Crippen molar-refractivity contribution >= 4 is 5.65 Å². The lowest BCUT2D eigenvalue weighted by Gasteiger charge is -2.08. The van der Waals surface area contributed by atoms with E-state index < -0.39 is 0 Å². The molecule has 0 saturated carbocycles. The number of fused-ring (bicyclic) bond motifs is 1. The van der Waals surface area contributed by atoms with E-state index in [0.717, 1.165) is 18.8 Å². The van der Waals surface area contributed by atoms with Gasteiger partial charge in [0, 0.05) is 32.0 Å². The number of nitrogens with one attached hydrogen (secondary N) is 1. The molecule has 1 N–H and O–H groups in total. The molecule has 0 saturated heterocycles. The van der Waals surface area contributed by atoms with Crippen LogP contribution in [0, 0.1) is 5.92 Å². The Bertz CT molecular complexity index is 607. The monoisotopic (exact) mass is 275 g/mol. The number of hydrogen-bond acceptors (Lipinski definition) is 4. The van der Waals surface area contributed by atoms with Crippen molar-refractivity contribution in [2.45, 2.75) is 20.4 Å². The van der Waals surface area contributed by atoms with Crippen LogP contribution in [0.4, 0.5) is 0 Å². The molecule has 0 fully saturated rings. The van der Waals surface area contributed by atoms with E-state index in [0.29, 0.717) is 24.7 Å². The van der Waals surface area contributed by atoms with Gasteiger partial charge in [0.05, 0.1) is 12.3 Å². The average Bonchev–Trinajstić information content (AvgIpc) is 2.42. The number of ether oxygens (including phenoxy) is 1. The van der Waals surface area contributed by atoms with Gasteiger partial charge in [-0.25, -0.2) is 4.98 Å². The van der Waals surface area contributed by atoms with Crippen molar-refractivity contribution in [3.8, 4) is 0 Å². The average molecular weight is 275 g/mol. The molecule has 0 amide bonds. The summed E-state index contributed by atoms with van der Waals surface area (Å²) in [5.74, 6) is 0.553. The van der Waals surface area contributed by atoms with E-state index in [1.165, 1.54) is 4.40 Å². The normalized spacial score (nSPS) is 11.3. The van der Waals surface area contributed by atoms with Gasteiger partial charge in [-0.3, -0.25) is 9.20 Å². The predicted molar refractivity (Wildman–Crippen MR) is 78.8 cm³/mol. The number of rotatable bonds is 7. The first-order valence-electron chi connectivity index (χ1n) is 6.92. The fourth-order valence-corrected chi connectivity index (χ4v) is 1.87. The largest absolute Gasteiger partial charge is 0.380 e. The van der Waals surface area contributed by atoms with Crippen LogP contribution in [0.25, 0.3) is 5.65 Å². The van der Waals surface area contributed by atoms with E-state index in [2.05, 4.69) is 24.1 Å². The first-order chi connectivity index (χ1) is 9.66. The molecule has 20 heavy (non-hydrogen) atoms. The van der Waals surface area contributed by atoms with E-state index >= 15 is 0 Å². The number of nitrogens with zero attached hydrogens (tertiary/aromatic N) is 2. The quantitative estimate of drug-likeness (QED) is 0.777. The van der Waals surface area contributed by atoms with Crippen LogP contribution in [0.15, 0.2) is 35.3 Å². The molecule has 108 valence electrons. The summed E-state index contributed by atoms with van der Waals surface area (Å²) in [6, 6.07) is 7.09. The Labute approximate surface area is 118 Å². The third-order valence-electron chi connectivity index (χ3n) is 2.80. The molecular weight excluding hydrogens is 254 g/mol. The SMILES string of the molecule is CC(C)COCCNCc1cc(=O)n2ccccc2n1. The van der Waals surface area contributed by atoms with Crippen molar-refractivity contribution in [1.29, 1.82) is 0 Å². The lowest BCUT2D eigenvalue weighted by Crippen LogP contribution is -2.23. The van der Waals surface area contributed by atoms with Crippen molar-refractivity contribution in [1.82, 2.24) is 14.7 Å². The third-order valence-corrected chi connectivity index (χ3v) is 2.80. The van der Waals surface area contributed by atoms with Crippen LogP contribution in [0.2, 0.25) is 0 Å². The standard InChI is InChI=1S/C15H21N3O2/c1-12(2)11-20-8-6-16-10-13-9-15(19)18-7-4-3-5-14(18)17-13/h3-5,7,9,12,16H,6,8,10-11H2,1-2H3. The van der Waals surface area contributed by atoms with E-state index in [1.807, 2.05) is 18.2 Å². The van der Waals surface area contributed by atoms with E-state index in [1.54, 1.807) is 12.3 Å². The minimum atomic E-state index is -0.0524. The molecule has 2 aromatic rings. The van der Waals surface area contributed by atoms with Crippen LogP contribution in [0.5, 0.6) is 0 Å². The van der Waals surface area contributed by atoms with Gasteiger partial charge in [-0.05, 0) is 18.1 Å². The molecule has 0 aliphatic rings. The Hall–Kier alpha value is -1.72. The Balaban J connectivity index is 1.86. The Kier molecular flexibility index (Phi) is 5.26. The maximum absolute atomic E-state index is 11.9. The highest BCUT2D eigenvalue weighted by Crippen LogP contribution is 1.98. The molecule has 0 spiro atoms. The second-order valence-corrected chi connectivity index (χ2v) is 5.16. The predicted octanol–water partition coefficient (Wildman–Crippen LogP) is 1.46.